The Bertz CT molecular complexity index is 225. The Hall–Kier alpha value is -0.130. The van der Waals surface area contributed by atoms with E-state index in [9.17, 15) is 8.42 Å². The molecule has 0 spiro atoms. The number of hydrogen-bond donors (Lipinski definition) is 1. The summed E-state index contributed by atoms with van der Waals surface area (Å²) in [6.07, 6.45) is 3.15. The minimum Gasteiger partial charge on any atom is -0.304 e. The molecule has 1 aliphatic heterocycles. The molecule has 1 rings (SSSR count). The Balaban J connectivity index is 2.72. The van der Waals surface area contributed by atoms with E-state index in [1.165, 1.54) is 10.6 Å². The van der Waals surface area contributed by atoms with E-state index in [0.717, 1.165) is 12.8 Å². The first-order chi connectivity index (χ1) is 5.05. The minimum absolute atomic E-state index is 0.0185. The lowest BCUT2D eigenvalue weighted by molar-refractivity contribution is 0.354. The molecule has 1 saturated heterocycles. The summed E-state index contributed by atoms with van der Waals surface area (Å²) in [6, 6.07) is 0. The predicted octanol–water partition coefficient (Wildman–Crippen LogP) is -0.413. The largest absolute Gasteiger partial charge is 0.304 e. The van der Waals surface area contributed by atoms with Gasteiger partial charge < -0.3 is 5.32 Å². The van der Waals surface area contributed by atoms with Crippen molar-refractivity contribution >= 4 is 10.0 Å². The lowest BCUT2D eigenvalue weighted by atomic mass is 10.3. The lowest BCUT2D eigenvalue weighted by Crippen LogP contribution is -2.42. The SMILES string of the molecule is CNC1CCCN1S(C)(=O)=O. The second kappa shape index (κ2) is 3.08. The maximum atomic E-state index is 11.1. The van der Waals surface area contributed by atoms with Gasteiger partial charge in [-0.3, -0.25) is 0 Å². The fourth-order valence-electron chi connectivity index (χ4n) is 1.43. The van der Waals surface area contributed by atoms with Crippen LogP contribution in [0.4, 0.5) is 0 Å². The van der Waals surface area contributed by atoms with Gasteiger partial charge in [0.05, 0.1) is 12.4 Å². The summed E-state index contributed by atoms with van der Waals surface area (Å²) in [7, 11) is -1.21. The molecule has 0 bridgehead atoms. The molecule has 1 aliphatic rings. The highest BCUT2D eigenvalue weighted by Crippen LogP contribution is 2.17. The summed E-state index contributed by atoms with van der Waals surface area (Å²) >= 11 is 0. The molecular formula is C6H14N2O2S. The molecule has 1 atom stereocenters. The van der Waals surface area contributed by atoms with Crippen LogP contribution in [0.15, 0.2) is 0 Å². The van der Waals surface area contributed by atoms with Crippen LogP contribution in [0.1, 0.15) is 12.8 Å². The maximum absolute atomic E-state index is 11.1. The Kier molecular flexibility index (Phi) is 2.51. The van der Waals surface area contributed by atoms with Crippen LogP contribution in [0.3, 0.4) is 0 Å². The third-order valence-electron chi connectivity index (χ3n) is 1.96. The van der Waals surface area contributed by atoms with E-state index >= 15 is 0 Å². The molecule has 1 unspecified atom stereocenters. The normalized spacial score (nSPS) is 27.6. The number of nitrogens with one attached hydrogen (secondary N) is 1. The quantitative estimate of drug-likeness (QED) is 0.625. The second-order valence-corrected chi connectivity index (χ2v) is 4.76. The van der Waals surface area contributed by atoms with Crippen LogP contribution >= 0.6 is 0 Å². The van der Waals surface area contributed by atoms with Crippen LogP contribution in [0, 0.1) is 0 Å². The average molecular weight is 178 g/mol. The van der Waals surface area contributed by atoms with E-state index in [-0.39, 0.29) is 6.17 Å². The van der Waals surface area contributed by atoms with E-state index < -0.39 is 10.0 Å². The predicted molar refractivity (Wildman–Crippen MR) is 43.6 cm³/mol. The molecule has 0 radical (unpaired) electrons. The molecule has 5 heteroatoms. The first-order valence-corrected chi connectivity index (χ1v) is 5.54. The summed E-state index contributed by atoms with van der Waals surface area (Å²) < 4.78 is 23.7. The topological polar surface area (TPSA) is 49.4 Å². The van der Waals surface area contributed by atoms with Crippen LogP contribution in [0.25, 0.3) is 0 Å². The number of hydrogen-bond acceptors (Lipinski definition) is 3. The average Bonchev–Trinajstić information content (AvgIpc) is 2.31. The third kappa shape index (κ3) is 1.91. The lowest BCUT2D eigenvalue weighted by Gasteiger charge is -2.20. The van der Waals surface area contributed by atoms with Crippen molar-refractivity contribution in [3.63, 3.8) is 0 Å². The van der Waals surface area contributed by atoms with Gasteiger partial charge in [-0.2, -0.15) is 4.31 Å². The summed E-state index contributed by atoms with van der Waals surface area (Å²) in [5, 5.41) is 2.97. The Morgan fingerprint density at radius 3 is 2.55 bits per heavy atom. The van der Waals surface area contributed by atoms with Crippen LogP contribution in [0.2, 0.25) is 0 Å². The monoisotopic (exact) mass is 178 g/mol. The maximum Gasteiger partial charge on any atom is 0.212 e. The first kappa shape index (κ1) is 8.96. The molecule has 0 aromatic heterocycles. The highest BCUT2D eigenvalue weighted by atomic mass is 32.2. The first-order valence-electron chi connectivity index (χ1n) is 3.70. The van der Waals surface area contributed by atoms with Crippen molar-refractivity contribution in [2.24, 2.45) is 0 Å². The van der Waals surface area contributed by atoms with Gasteiger partial charge in [0.25, 0.3) is 0 Å². The van der Waals surface area contributed by atoms with Crippen molar-refractivity contribution in [3.05, 3.63) is 0 Å². The Morgan fingerprint density at radius 2 is 2.18 bits per heavy atom. The molecule has 1 fully saturated rings. The standard InChI is InChI=1S/C6H14N2O2S/c1-7-6-4-3-5-8(6)11(2,9)10/h6-7H,3-5H2,1-2H3. The zero-order chi connectivity index (χ0) is 8.48. The molecule has 0 saturated carbocycles. The van der Waals surface area contributed by atoms with E-state index in [1.807, 2.05) is 0 Å². The molecule has 66 valence electrons. The molecule has 0 aromatic rings. The molecule has 0 aromatic carbocycles. The Morgan fingerprint density at radius 1 is 1.55 bits per heavy atom. The summed E-state index contributed by atoms with van der Waals surface area (Å²) in [5.41, 5.74) is 0. The summed E-state index contributed by atoms with van der Waals surface area (Å²) in [5.74, 6) is 0. The van der Waals surface area contributed by atoms with Gasteiger partial charge in [-0.05, 0) is 19.9 Å². The van der Waals surface area contributed by atoms with Gasteiger partial charge in [-0.25, -0.2) is 8.42 Å². The van der Waals surface area contributed by atoms with Crippen molar-refractivity contribution in [2.75, 3.05) is 19.8 Å². The van der Waals surface area contributed by atoms with Crippen molar-refractivity contribution in [2.45, 2.75) is 19.0 Å². The van der Waals surface area contributed by atoms with Crippen molar-refractivity contribution < 1.29 is 8.42 Å². The van der Waals surface area contributed by atoms with Crippen LogP contribution in [-0.4, -0.2) is 38.7 Å². The van der Waals surface area contributed by atoms with Gasteiger partial charge in [-0.1, -0.05) is 0 Å². The van der Waals surface area contributed by atoms with E-state index in [1.54, 1.807) is 7.05 Å². The molecular weight excluding hydrogens is 164 g/mol. The fourth-order valence-corrected chi connectivity index (χ4v) is 2.56. The van der Waals surface area contributed by atoms with Gasteiger partial charge in [0.15, 0.2) is 0 Å². The van der Waals surface area contributed by atoms with Gasteiger partial charge in [0.1, 0.15) is 0 Å². The molecule has 11 heavy (non-hydrogen) atoms. The highest BCUT2D eigenvalue weighted by Gasteiger charge is 2.29. The van der Waals surface area contributed by atoms with Gasteiger partial charge >= 0.3 is 0 Å². The van der Waals surface area contributed by atoms with E-state index in [0.29, 0.717) is 6.54 Å². The third-order valence-corrected chi connectivity index (χ3v) is 3.25. The van der Waals surface area contributed by atoms with Crippen molar-refractivity contribution in [1.29, 1.82) is 0 Å². The number of rotatable bonds is 2. The van der Waals surface area contributed by atoms with Gasteiger partial charge in [0.2, 0.25) is 10.0 Å². The summed E-state index contributed by atoms with van der Waals surface area (Å²) in [6.45, 7) is 0.657. The second-order valence-electron chi connectivity index (χ2n) is 2.82. The van der Waals surface area contributed by atoms with Crippen LogP contribution < -0.4 is 5.32 Å². The van der Waals surface area contributed by atoms with Gasteiger partial charge in [0, 0.05) is 6.54 Å². The molecule has 1 N–H and O–H groups in total. The van der Waals surface area contributed by atoms with Crippen molar-refractivity contribution in [3.8, 4) is 0 Å². The highest BCUT2D eigenvalue weighted by molar-refractivity contribution is 7.88. The molecule has 1 heterocycles. The number of nitrogens with zero attached hydrogens (tertiary/aromatic N) is 1. The molecule has 0 aliphatic carbocycles. The van der Waals surface area contributed by atoms with Crippen LogP contribution in [0.5, 0.6) is 0 Å². The van der Waals surface area contributed by atoms with E-state index in [2.05, 4.69) is 5.32 Å². The van der Waals surface area contributed by atoms with Gasteiger partial charge in [-0.15, -0.1) is 0 Å². The van der Waals surface area contributed by atoms with Crippen molar-refractivity contribution in [1.82, 2.24) is 9.62 Å². The Labute approximate surface area is 67.6 Å². The van der Waals surface area contributed by atoms with E-state index in [4.69, 9.17) is 0 Å². The van der Waals surface area contributed by atoms with Crippen LogP contribution in [-0.2, 0) is 10.0 Å². The fraction of sp³-hybridized carbons (Fsp3) is 1.00. The molecule has 4 nitrogen and oxygen atoms in total. The minimum atomic E-state index is -2.99. The zero-order valence-electron chi connectivity index (χ0n) is 6.87. The molecule has 0 amide bonds. The summed E-state index contributed by atoms with van der Waals surface area (Å²) in [4.78, 5) is 0. The number of sulfonamides is 1. The smallest absolute Gasteiger partial charge is 0.212 e. The zero-order valence-corrected chi connectivity index (χ0v) is 7.69.